The molecule has 0 unspecified atom stereocenters. The molecule has 0 radical (unpaired) electrons. The molecule has 0 saturated heterocycles. The minimum absolute atomic E-state index is 0.148. The lowest BCUT2D eigenvalue weighted by Gasteiger charge is -2.38. The number of H-pyrrole nitrogens is 2. The number of aromatic amines is 2. The van der Waals surface area contributed by atoms with Crippen molar-refractivity contribution in [3.63, 3.8) is 0 Å². The number of nitrogens with one attached hydrogen (secondary N) is 3. The molecule has 33 heavy (non-hydrogen) atoms. The summed E-state index contributed by atoms with van der Waals surface area (Å²) in [6.45, 7) is 0. The van der Waals surface area contributed by atoms with Gasteiger partial charge in [-0.05, 0) is 24.3 Å². The fourth-order valence-electron chi connectivity index (χ4n) is 3.44. The standard InChI is InChI=1S/C19H10ClF6N5O2/c20-10-1-3-11(4-2-10)31-14-12(15(32)29-16(31)33)17(18(21,22)23,19(24,25)26)30-13(28-14)9-5-7-27-8-6-9/h1-8H,(H,28,30)(H,29,32,33)/p+1. The van der Waals surface area contributed by atoms with Gasteiger partial charge in [0.25, 0.3) is 11.1 Å². The number of aromatic nitrogens is 3. The zero-order valence-electron chi connectivity index (χ0n) is 16.0. The number of alkyl halides is 6. The highest BCUT2D eigenvalue weighted by Gasteiger charge is 2.75. The number of amidine groups is 1. The van der Waals surface area contributed by atoms with E-state index in [9.17, 15) is 35.9 Å². The number of benzene rings is 1. The van der Waals surface area contributed by atoms with Gasteiger partial charge in [-0.3, -0.25) is 9.78 Å². The lowest BCUT2D eigenvalue weighted by Crippen LogP contribution is -2.59. The third-order valence-corrected chi connectivity index (χ3v) is 5.14. The Morgan fingerprint density at radius 3 is 2.06 bits per heavy atom. The van der Waals surface area contributed by atoms with E-state index >= 15 is 0 Å². The van der Waals surface area contributed by atoms with Crippen molar-refractivity contribution < 1.29 is 31.3 Å². The zero-order valence-corrected chi connectivity index (χ0v) is 16.7. The average Bonchev–Trinajstić information content (AvgIpc) is 2.73. The summed E-state index contributed by atoms with van der Waals surface area (Å²) < 4.78 is 85.7. The molecule has 4 rings (SSSR count). The lowest BCUT2D eigenvalue weighted by molar-refractivity contribution is -0.378. The Morgan fingerprint density at radius 2 is 1.52 bits per heavy atom. The number of halogens is 7. The summed E-state index contributed by atoms with van der Waals surface area (Å²) in [4.78, 5) is 32.2. The first-order valence-corrected chi connectivity index (χ1v) is 9.37. The molecule has 0 fully saturated rings. The van der Waals surface area contributed by atoms with Crippen molar-refractivity contribution in [2.45, 2.75) is 17.9 Å². The predicted octanol–water partition coefficient (Wildman–Crippen LogP) is 3.19. The van der Waals surface area contributed by atoms with Crippen LogP contribution in [0.2, 0.25) is 5.02 Å². The van der Waals surface area contributed by atoms with Gasteiger partial charge in [0.2, 0.25) is 0 Å². The smallest absolute Gasteiger partial charge is 0.325 e. The molecule has 1 aliphatic heterocycles. The molecule has 7 nitrogen and oxygen atoms in total. The van der Waals surface area contributed by atoms with Gasteiger partial charge < -0.3 is 5.32 Å². The van der Waals surface area contributed by atoms with Crippen molar-refractivity contribution in [2.24, 2.45) is 4.99 Å². The summed E-state index contributed by atoms with van der Waals surface area (Å²) in [5, 5.41) is 2.52. The van der Waals surface area contributed by atoms with Gasteiger partial charge in [0.15, 0.2) is 12.4 Å². The Morgan fingerprint density at radius 1 is 0.939 bits per heavy atom. The highest BCUT2D eigenvalue weighted by Crippen LogP contribution is 2.55. The molecule has 172 valence electrons. The lowest BCUT2D eigenvalue weighted by atomic mass is 9.87. The molecule has 14 heteroatoms. The molecule has 0 saturated carbocycles. The SMILES string of the molecule is O=c1[nH]c(=O)n(-c2ccc(Cl)cc2)c2c1C(C(F)(F)F)(C(F)(F)F)N=C(c1cc[nH+]cc1)N2. The monoisotopic (exact) mass is 490 g/mol. The summed E-state index contributed by atoms with van der Waals surface area (Å²) in [5.74, 6) is -1.88. The molecule has 2 aromatic heterocycles. The highest BCUT2D eigenvalue weighted by atomic mass is 35.5. The van der Waals surface area contributed by atoms with E-state index in [-0.39, 0.29) is 16.3 Å². The van der Waals surface area contributed by atoms with Gasteiger partial charge in [0.05, 0.1) is 5.69 Å². The molecule has 0 spiro atoms. The van der Waals surface area contributed by atoms with E-state index in [1.54, 1.807) is 0 Å². The summed E-state index contributed by atoms with van der Waals surface area (Å²) in [6.07, 6.45) is -9.68. The second-order valence-electron chi connectivity index (χ2n) is 6.87. The fourth-order valence-corrected chi connectivity index (χ4v) is 3.57. The van der Waals surface area contributed by atoms with Gasteiger partial charge in [-0.25, -0.2) is 19.3 Å². The van der Waals surface area contributed by atoms with Crippen molar-refractivity contribution >= 4 is 23.3 Å². The third-order valence-electron chi connectivity index (χ3n) is 4.89. The molecule has 1 aliphatic rings. The molecule has 3 N–H and O–H groups in total. The maximum atomic E-state index is 14.2. The van der Waals surface area contributed by atoms with Crippen LogP contribution in [0.3, 0.4) is 0 Å². The van der Waals surface area contributed by atoms with Crippen LogP contribution in [0.25, 0.3) is 5.69 Å². The van der Waals surface area contributed by atoms with Crippen LogP contribution < -0.4 is 21.5 Å². The van der Waals surface area contributed by atoms with E-state index in [1.807, 2.05) is 0 Å². The predicted molar refractivity (Wildman–Crippen MR) is 105 cm³/mol. The van der Waals surface area contributed by atoms with E-state index in [4.69, 9.17) is 11.6 Å². The maximum absolute atomic E-state index is 14.2. The highest BCUT2D eigenvalue weighted by molar-refractivity contribution is 6.30. The minimum atomic E-state index is -6.09. The summed E-state index contributed by atoms with van der Waals surface area (Å²) >= 11 is 5.80. The molecular weight excluding hydrogens is 480 g/mol. The molecule has 0 atom stereocenters. The van der Waals surface area contributed by atoms with Gasteiger partial charge in [-0.1, -0.05) is 11.6 Å². The number of pyridine rings is 1. The molecule has 3 heterocycles. The molecule has 0 aliphatic carbocycles. The average molecular weight is 491 g/mol. The first kappa shape index (κ1) is 22.6. The fraction of sp³-hybridized carbons (Fsp3) is 0.158. The first-order valence-electron chi connectivity index (χ1n) is 8.99. The van der Waals surface area contributed by atoms with Crippen LogP contribution in [0.1, 0.15) is 11.1 Å². The second-order valence-corrected chi connectivity index (χ2v) is 7.31. The van der Waals surface area contributed by atoms with E-state index in [1.165, 1.54) is 53.8 Å². The van der Waals surface area contributed by atoms with Gasteiger partial charge in [0.1, 0.15) is 17.2 Å². The molecule has 0 amide bonds. The Balaban J connectivity index is 2.18. The number of hydrogen-bond acceptors (Lipinski definition) is 4. The normalized spacial score (nSPS) is 15.4. The molecule has 0 bridgehead atoms. The van der Waals surface area contributed by atoms with Crippen molar-refractivity contribution in [1.82, 2.24) is 9.55 Å². The van der Waals surface area contributed by atoms with Crippen LogP contribution in [0.15, 0.2) is 63.4 Å². The molecule has 1 aromatic carbocycles. The second kappa shape index (κ2) is 7.47. The molecule has 3 aromatic rings. The van der Waals surface area contributed by atoms with Crippen LogP contribution in [-0.4, -0.2) is 27.7 Å². The largest absolute Gasteiger partial charge is 0.427 e. The van der Waals surface area contributed by atoms with E-state index in [2.05, 4.69) is 15.3 Å². The number of fused-ring (bicyclic) bond motifs is 1. The summed E-state index contributed by atoms with van der Waals surface area (Å²) in [6, 6.07) is 7.27. The van der Waals surface area contributed by atoms with Crippen molar-refractivity contribution in [2.75, 3.05) is 5.32 Å². The zero-order chi connectivity index (χ0) is 24.2. The third kappa shape index (κ3) is 3.48. The number of aliphatic imine (C=N–C) groups is 1. The Hall–Kier alpha value is -3.61. The van der Waals surface area contributed by atoms with Crippen LogP contribution in [0, 0.1) is 0 Å². The summed E-state index contributed by atoms with van der Waals surface area (Å²) in [5.41, 5.74) is -10.2. The van der Waals surface area contributed by atoms with Crippen LogP contribution in [0.4, 0.5) is 32.2 Å². The topological polar surface area (TPSA) is 93.4 Å². The molecular formula is C19H11ClF6N5O2+. The minimum Gasteiger partial charge on any atom is -0.325 e. The summed E-state index contributed by atoms with van der Waals surface area (Å²) in [7, 11) is 0. The van der Waals surface area contributed by atoms with Gasteiger partial charge in [-0.15, -0.1) is 0 Å². The quantitative estimate of drug-likeness (QED) is 0.540. The van der Waals surface area contributed by atoms with Gasteiger partial charge in [-0.2, -0.15) is 26.3 Å². The Kier molecular flexibility index (Phi) is 5.11. The van der Waals surface area contributed by atoms with Gasteiger partial charge >= 0.3 is 18.0 Å². The number of rotatable bonds is 2. The number of hydrogen-bond donors (Lipinski definition) is 2. The first-order chi connectivity index (χ1) is 15.4. The van der Waals surface area contributed by atoms with Gasteiger partial charge in [0, 0.05) is 22.7 Å². The van der Waals surface area contributed by atoms with Crippen molar-refractivity contribution in [1.29, 1.82) is 0 Å². The van der Waals surface area contributed by atoms with Crippen LogP contribution in [0.5, 0.6) is 0 Å². The number of nitrogens with zero attached hydrogens (tertiary/aromatic N) is 2. The van der Waals surface area contributed by atoms with E-state index in [0.717, 1.165) is 0 Å². The van der Waals surface area contributed by atoms with Crippen LogP contribution in [-0.2, 0) is 5.54 Å². The number of anilines is 1. The Bertz CT molecular complexity index is 1350. The maximum Gasteiger partial charge on any atom is 0.427 e. The van der Waals surface area contributed by atoms with E-state index < -0.39 is 46.4 Å². The van der Waals surface area contributed by atoms with Crippen LogP contribution >= 0.6 is 11.6 Å². The van der Waals surface area contributed by atoms with Crippen molar-refractivity contribution in [3.8, 4) is 5.69 Å². The van der Waals surface area contributed by atoms with E-state index in [0.29, 0.717) is 4.57 Å². The van der Waals surface area contributed by atoms with Crippen molar-refractivity contribution in [3.05, 3.63) is 85.8 Å². The Labute approximate surface area is 184 Å².